The summed E-state index contributed by atoms with van der Waals surface area (Å²) >= 11 is 1.44. The number of amides is 3. The number of rotatable bonds is 9. The molecule has 4 rings (SSSR count). The number of aromatic nitrogens is 1. The van der Waals surface area contributed by atoms with Gasteiger partial charge in [-0.3, -0.25) is 14.4 Å². The predicted octanol–water partition coefficient (Wildman–Crippen LogP) is 2.29. The number of carbonyl (C=O) groups excluding carboxylic acids is 3. The van der Waals surface area contributed by atoms with Crippen LogP contribution < -0.4 is 16.3 Å². The number of benzene rings is 2. The monoisotopic (exact) mass is 580 g/mol. The summed E-state index contributed by atoms with van der Waals surface area (Å²) in [6.07, 6.45) is -1.52. The van der Waals surface area contributed by atoms with Crippen molar-refractivity contribution < 1.29 is 24.0 Å². The van der Waals surface area contributed by atoms with Gasteiger partial charge in [-0.15, -0.1) is 11.8 Å². The molecule has 3 atom stereocenters. The molecule has 3 N–H and O–H groups in total. The van der Waals surface area contributed by atoms with Gasteiger partial charge in [0.1, 0.15) is 11.7 Å². The van der Waals surface area contributed by atoms with E-state index in [1.165, 1.54) is 30.6 Å². The second-order valence-corrected chi connectivity index (χ2v) is 12.4. The average Bonchev–Trinajstić information content (AvgIpc) is 3.39. The summed E-state index contributed by atoms with van der Waals surface area (Å²) in [6, 6.07) is 15.0. The number of thioether (sulfide) groups is 1. The highest BCUT2D eigenvalue weighted by Crippen LogP contribution is 2.40. The molecule has 0 bridgehead atoms. The minimum absolute atomic E-state index is 0.000897. The van der Waals surface area contributed by atoms with Gasteiger partial charge in [0.05, 0.1) is 17.5 Å². The highest BCUT2D eigenvalue weighted by Gasteiger charge is 2.49. The normalized spacial score (nSPS) is 17.6. The lowest BCUT2D eigenvalue weighted by Crippen LogP contribution is -2.58. The molecule has 218 valence electrons. The molecule has 0 radical (unpaired) electrons. The Morgan fingerprint density at radius 2 is 1.76 bits per heavy atom. The number of aryl methyl sites for hydroxylation is 2. The second kappa shape index (κ2) is 12.4. The van der Waals surface area contributed by atoms with E-state index in [0.717, 1.165) is 21.4 Å². The Kier molecular flexibility index (Phi) is 9.08. The van der Waals surface area contributed by atoms with E-state index in [9.17, 15) is 24.3 Å². The third-order valence-electron chi connectivity index (χ3n) is 7.45. The molecule has 3 aromatic rings. The van der Waals surface area contributed by atoms with Gasteiger partial charge >= 0.3 is 5.63 Å². The van der Waals surface area contributed by atoms with Crippen LogP contribution in [0.1, 0.15) is 46.6 Å². The van der Waals surface area contributed by atoms with Crippen molar-refractivity contribution in [2.24, 2.45) is 7.05 Å². The van der Waals surface area contributed by atoms with Gasteiger partial charge in [-0.05, 0) is 50.8 Å². The molecule has 1 aliphatic heterocycles. The minimum Gasteiger partial charge on any atom is -0.381 e. The minimum atomic E-state index is -1.66. The number of nitrogens with zero attached hydrogens (tertiary/aromatic N) is 2. The molecular weight excluding hydrogens is 544 g/mol. The lowest BCUT2D eigenvalue weighted by atomic mass is 9.97. The molecule has 2 heterocycles. The Hall–Kier alpha value is -3.83. The van der Waals surface area contributed by atoms with Crippen LogP contribution in [0.25, 0.3) is 0 Å². The van der Waals surface area contributed by atoms with Crippen LogP contribution in [0.5, 0.6) is 0 Å². The van der Waals surface area contributed by atoms with E-state index in [1.54, 1.807) is 0 Å². The zero-order chi connectivity index (χ0) is 29.9. The van der Waals surface area contributed by atoms with E-state index in [2.05, 4.69) is 10.6 Å². The summed E-state index contributed by atoms with van der Waals surface area (Å²) in [7, 11) is 1.43. The number of aliphatic hydroxyl groups excluding tert-OH is 1. The maximum atomic E-state index is 13.8. The van der Waals surface area contributed by atoms with Crippen LogP contribution in [0.15, 0.2) is 63.9 Å². The van der Waals surface area contributed by atoms with Gasteiger partial charge < -0.3 is 25.2 Å². The van der Waals surface area contributed by atoms with Gasteiger partial charge in [0.2, 0.25) is 5.91 Å². The summed E-state index contributed by atoms with van der Waals surface area (Å²) in [5.41, 5.74) is 2.26. The second-order valence-electron chi connectivity index (χ2n) is 10.8. The van der Waals surface area contributed by atoms with E-state index in [-0.39, 0.29) is 29.5 Å². The van der Waals surface area contributed by atoms with Crippen molar-refractivity contribution in [2.75, 3.05) is 5.88 Å². The number of aliphatic hydroxyl groups is 1. The summed E-state index contributed by atoms with van der Waals surface area (Å²) in [4.78, 5) is 53.9. The van der Waals surface area contributed by atoms with Gasteiger partial charge in [-0.2, -0.15) is 0 Å². The first-order valence-corrected chi connectivity index (χ1v) is 14.4. The molecule has 11 heteroatoms. The molecule has 1 saturated heterocycles. The molecule has 1 aliphatic rings. The fraction of sp³-hybridized carbons (Fsp3) is 0.400. The van der Waals surface area contributed by atoms with Crippen LogP contribution >= 0.6 is 11.8 Å². The number of hydrogen-bond acceptors (Lipinski definition) is 7. The first kappa shape index (κ1) is 30.1. The predicted molar refractivity (Wildman–Crippen MR) is 156 cm³/mol. The Morgan fingerprint density at radius 3 is 2.39 bits per heavy atom. The van der Waals surface area contributed by atoms with E-state index in [1.807, 2.05) is 75.4 Å². The average molecular weight is 581 g/mol. The molecule has 0 saturated carbocycles. The zero-order valence-corrected chi connectivity index (χ0v) is 24.7. The number of carbonyl (C=O) groups is 3. The van der Waals surface area contributed by atoms with Crippen molar-refractivity contribution in [3.63, 3.8) is 0 Å². The molecule has 1 fully saturated rings. The van der Waals surface area contributed by atoms with E-state index in [0.29, 0.717) is 6.54 Å². The Bertz CT molecular complexity index is 1480. The summed E-state index contributed by atoms with van der Waals surface area (Å²) in [5, 5.41) is 17.1. The smallest absolute Gasteiger partial charge is 0.361 e. The third kappa shape index (κ3) is 6.57. The first-order valence-electron chi connectivity index (χ1n) is 13.4. The van der Waals surface area contributed by atoms with Crippen LogP contribution in [-0.2, 0) is 29.6 Å². The highest BCUT2D eigenvalue weighted by molar-refractivity contribution is 8.00. The summed E-state index contributed by atoms with van der Waals surface area (Å²) in [5.74, 6) is -1.45. The fourth-order valence-electron chi connectivity index (χ4n) is 5.07. The Balaban J connectivity index is 1.57. The van der Waals surface area contributed by atoms with Crippen molar-refractivity contribution in [3.8, 4) is 0 Å². The van der Waals surface area contributed by atoms with Crippen molar-refractivity contribution in [1.82, 2.24) is 20.3 Å². The molecular formula is C30H36N4O6S. The summed E-state index contributed by atoms with van der Waals surface area (Å²) in [6.45, 7) is 7.52. The molecule has 3 amide bonds. The van der Waals surface area contributed by atoms with Crippen LogP contribution in [0, 0.1) is 13.8 Å². The number of hydrogen-bond donors (Lipinski definition) is 3. The topological polar surface area (TPSA) is 134 Å². The van der Waals surface area contributed by atoms with Crippen LogP contribution in [0.4, 0.5) is 0 Å². The fourth-order valence-corrected chi connectivity index (χ4v) is 6.21. The molecule has 0 aliphatic carbocycles. The number of nitrogens with one attached hydrogen (secondary N) is 2. The molecule has 3 unspecified atom stereocenters. The van der Waals surface area contributed by atoms with E-state index < -0.39 is 40.4 Å². The van der Waals surface area contributed by atoms with Crippen molar-refractivity contribution in [1.29, 1.82) is 0 Å². The van der Waals surface area contributed by atoms with Crippen molar-refractivity contribution >= 4 is 29.5 Å². The van der Waals surface area contributed by atoms with Gasteiger partial charge in [0.15, 0.2) is 6.10 Å². The lowest BCUT2D eigenvalue weighted by molar-refractivity contribution is -0.147. The molecule has 10 nitrogen and oxygen atoms in total. The van der Waals surface area contributed by atoms with E-state index in [4.69, 9.17) is 4.52 Å². The maximum absolute atomic E-state index is 13.8. The lowest BCUT2D eigenvalue weighted by Gasteiger charge is -2.33. The van der Waals surface area contributed by atoms with E-state index >= 15 is 0 Å². The van der Waals surface area contributed by atoms with Gasteiger partial charge in [-0.25, -0.2) is 9.53 Å². The van der Waals surface area contributed by atoms with Crippen molar-refractivity contribution in [3.05, 3.63) is 93.0 Å². The van der Waals surface area contributed by atoms with Gasteiger partial charge in [0.25, 0.3) is 11.8 Å². The molecule has 41 heavy (non-hydrogen) atoms. The Labute approximate surface area is 243 Å². The summed E-state index contributed by atoms with van der Waals surface area (Å²) < 4.78 is 5.45. The van der Waals surface area contributed by atoms with Crippen LogP contribution in [0.3, 0.4) is 0 Å². The molecule has 0 spiro atoms. The first-order chi connectivity index (χ1) is 19.4. The third-order valence-corrected chi connectivity index (χ3v) is 8.83. The van der Waals surface area contributed by atoms with Crippen LogP contribution in [-0.4, -0.2) is 61.3 Å². The van der Waals surface area contributed by atoms with Gasteiger partial charge in [-0.1, -0.05) is 54.6 Å². The van der Waals surface area contributed by atoms with Crippen molar-refractivity contribution in [2.45, 2.75) is 63.6 Å². The maximum Gasteiger partial charge on any atom is 0.361 e. The molecule has 2 aromatic carbocycles. The zero-order valence-electron chi connectivity index (χ0n) is 23.8. The Morgan fingerprint density at radius 1 is 1.10 bits per heavy atom. The highest BCUT2D eigenvalue weighted by atomic mass is 32.2. The van der Waals surface area contributed by atoms with Gasteiger partial charge in [0, 0.05) is 18.3 Å². The van der Waals surface area contributed by atoms with Crippen LogP contribution in [0.2, 0.25) is 0 Å². The standard InChI is InChI=1S/C30H36N4O6S/c1-18-11-9-10-14-21(18)16-31-27(37)25-30(3,4)41-17-34(25)28(38)24(35)22(15-20-12-7-6-8-13-20)32-26(36)23-19(2)29(39)40-33(23)5/h6-14,22,24-25,35H,15-17H2,1-5H3,(H,31,37)(H,32,36). The largest absolute Gasteiger partial charge is 0.381 e. The molecule has 1 aromatic heterocycles. The SMILES string of the molecule is Cc1ccccc1CNC(=O)C1N(C(=O)C(O)C(Cc2ccccc2)NC(=O)c2c(C)c(=O)on2C)CSC1(C)C. The quantitative estimate of drug-likeness (QED) is 0.354.